The van der Waals surface area contributed by atoms with E-state index < -0.39 is 4.92 Å². The highest BCUT2D eigenvalue weighted by atomic mass is 35.5. The first kappa shape index (κ1) is 12.9. The van der Waals surface area contributed by atoms with Gasteiger partial charge >= 0.3 is 5.69 Å². The highest BCUT2D eigenvalue weighted by molar-refractivity contribution is 7.15. The average Bonchev–Trinajstić information content (AvgIpc) is 2.99. The lowest BCUT2D eigenvalue weighted by Crippen LogP contribution is -1.95. The van der Waals surface area contributed by atoms with Crippen LogP contribution in [0.1, 0.15) is 5.69 Å². The average molecular weight is 310 g/mol. The predicted molar refractivity (Wildman–Crippen MR) is 75.8 cm³/mol. The van der Waals surface area contributed by atoms with Crippen LogP contribution in [0.25, 0.3) is 4.96 Å². The number of nitro benzene ring substituents is 1. The number of thiazole rings is 1. The van der Waals surface area contributed by atoms with Gasteiger partial charge in [0.25, 0.3) is 0 Å². The molecule has 0 bridgehead atoms. The Hall–Kier alpha value is -2.12. The Bertz CT molecular complexity index is 783. The topological polar surface area (TPSA) is 69.7 Å². The van der Waals surface area contributed by atoms with Gasteiger partial charge in [-0.25, -0.2) is 0 Å². The van der Waals surface area contributed by atoms with E-state index in [1.54, 1.807) is 12.1 Å². The summed E-state index contributed by atoms with van der Waals surface area (Å²) in [5.41, 5.74) is 0.561. The first-order chi connectivity index (χ1) is 9.70. The van der Waals surface area contributed by atoms with Crippen LogP contribution >= 0.6 is 22.9 Å². The van der Waals surface area contributed by atoms with Crippen molar-refractivity contribution in [3.8, 4) is 11.6 Å². The van der Waals surface area contributed by atoms with Gasteiger partial charge in [-0.05, 0) is 6.07 Å². The highest BCUT2D eigenvalue weighted by Crippen LogP contribution is 2.33. The van der Waals surface area contributed by atoms with Crippen molar-refractivity contribution in [1.29, 1.82) is 0 Å². The number of hydrogen-bond acceptors (Lipinski definition) is 5. The number of nitrogens with zero attached hydrogens (tertiary/aromatic N) is 3. The number of hydrogen-bond donors (Lipinski definition) is 0. The molecule has 2 aromatic heterocycles. The summed E-state index contributed by atoms with van der Waals surface area (Å²) in [6.07, 6.45) is 1.83. The molecule has 0 amide bonds. The molecule has 1 aromatic carbocycles. The zero-order valence-electron chi connectivity index (χ0n) is 10.0. The number of alkyl halides is 1. The summed E-state index contributed by atoms with van der Waals surface area (Å²) in [6, 6.07) is 6.16. The highest BCUT2D eigenvalue weighted by Gasteiger charge is 2.19. The monoisotopic (exact) mass is 309 g/mol. The number of halogens is 1. The number of fused-ring (bicyclic) bond motifs is 1. The molecule has 0 radical (unpaired) electrons. The second-order valence-electron chi connectivity index (χ2n) is 3.88. The third kappa shape index (κ3) is 2.10. The normalized spacial score (nSPS) is 10.8. The largest absolute Gasteiger partial charge is 0.430 e. The summed E-state index contributed by atoms with van der Waals surface area (Å²) in [6.45, 7) is 0. The third-order valence-corrected chi connectivity index (χ3v) is 3.73. The van der Waals surface area contributed by atoms with Crippen molar-refractivity contribution in [3.63, 3.8) is 0 Å². The molecule has 0 aliphatic rings. The van der Waals surface area contributed by atoms with Gasteiger partial charge in [-0.1, -0.05) is 12.1 Å². The number of benzene rings is 1. The van der Waals surface area contributed by atoms with Crippen molar-refractivity contribution < 1.29 is 9.66 Å². The summed E-state index contributed by atoms with van der Waals surface area (Å²) in [5.74, 6) is 0.643. The zero-order chi connectivity index (χ0) is 14.1. The second-order valence-corrected chi connectivity index (χ2v) is 5.02. The maximum Gasteiger partial charge on any atom is 0.311 e. The Balaban J connectivity index is 2.05. The van der Waals surface area contributed by atoms with Gasteiger partial charge in [-0.15, -0.1) is 22.9 Å². The van der Waals surface area contributed by atoms with Crippen LogP contribution in [0, 0.1) is 10.1 Å². The Morgan fingerprint density at radius 2 is 2.25 bits per heavy atom. The SMILES string of the molecule is O=[N+]([O-])c1ccccc1Oc1nc2sccn2c1CCl. The Morgan fingerprint density at radius 3 is 3.00 bits per heavy atom. The van der Waals surface area contributed by atoms with E-state index in [1.807, 2.05) is 16.0 Å². The van der Waals surface area contributed by atoms with Gasteiger partial charge in [0, 0.05) is 17.6 Å². The lowest BCUT2D eigenvalue weighted by Gasteiger charge is -2.04. The molecule has 20 heavy (non-hydrogen) atoms. The summed E-state index contributed by atoms with van der Waals surface area (Å²) in [7, 11) is 0. The van der Waals surface area contributed by atoms with E-state index in [0.717, 1.165) is 4.96 Å². The molecule has 8 heteroatoms. The molecule has 102 valence electrons. The zero-order valence-corrected chi connectivity index (χ0v) is 11.6. The van der Waals surface area contributed by atoms with E-state index in [1.165, 1.54) is 23.5 Å². The van der Waals surface area contributed by atoms with Gasteiger partial charge in [-0.3, -0.25) is 14.5 Å². The fraction of sp³-hybridized carbons (Fsp3) is 0.0833. The van der Waals surface area contributed by atoms with Gasteiger partial charge in [0.2, 0.25) is 11.6 Å². The van der Waals surface area contributed by atoms with Crippen LogP contribution in [0.4, 0.5) is 5.69 Å². The standard InChI is InChI=1S/C12H8ClN3O3S/c13-7-9-11(14-12-15(9)5-6-20-12)19-10-4-2-1-3-8(10)16(17)18/h1-6H,7H2. The molecule has 6 nitrogen and oxygen atoms in total. The third-order valence-electron chi connectivity index (χ3n) is 2.72. The van der Waals surface area contributed by atoms with Gasteiger partial charge in [-0.2, -0.15) is 4.98 Å². The van der Waals surface area contributed by atoms with Crippen LogP contribution in [0.3, 0.4) is 0 Å². The van der Waals surface area contributed by atoms with Crippen molar-refractivity contribution in [1.82, 2.24) is 9.38 Å². The minimum Gasteiger partial charge on any atom is -0.430 e. The number of para-hydroxylation sites is 2. The van der Waals surface area contributed by atoms with Crippen LogP contribution in [0.5, 0.6) is 11.6 Å². The van der Waals surface area contributed by atoms with E-state index in [0.29, 0.717) is 11.6 Å². The minimum absolute atomic E-state index is 0.107. The maximum atomic E-state index is 11.0. The quantitative estimate of drug-likeness (QED) is 0.417. The molecule has 0 N–H and O–H groups in total. The van der Waals surface area contributed by atoms with Crippen LogP contribution in [0.2, 0.25) is 0 Å². The van der Waals surface area contributed by atoms with Crippen LogP contribution in [0.15, 0.2) is 35.8 Å². The molecule has 0 fully saturated rings. The first-order valence-corrected chi connectivity index (χ1v) is 7.04. The Morgan fingerprint density at radius 1 is 1.45 bits per heavy atom. The molecule has 0 aliphatic carbocycles. The van der Waals surface area contributed by atoms with E-state index in [2.05, 4.69) is 4.98 Å². The molecule has 0 atom stereocenters. The van der Waals surface area contributed by atoms with Crippen LogP contribution < -0.4 is 4.74 Å². The number of rotatable bonds is 4. The Kier molecular flexibility index (Phi) is 3.29. The van der Waals surface area contributed by atoms with E-state index in [-0.39, 0.29) is 17.3 Å². The molecular formula is C12H8ClN3O3S. The second kappa shape index (κ2) is 5.10. The molecular weight excluding hydrogens is 302 g/mol. The first-order valence-electron chi connectivity index (χ1n) is 5.62. The van der Waals surface area contributed by atoms with E-state index >= 15 is 0 Å². The number of aromatic nitrogens is 2. The smallest absolute Gasteiger partial charge is 0.311 e. The van der Waals surface area contributed by atoms with Gasteiger partial charge in [0.1, 0.15) is 5.69 Å². The fourth-order valence-corrected chi connectivity index (χ4v) is 2.78. The van der Waals surface area contributed by atoms with Crippen molar-refractivity contribution >= 4 is 33.6 Å². The summed E-state index contributed by atoms with van der Waals surface area (Å²) in [4.78, 5) is 15.5. The molecule has 0 unspecified atom stereocenters. The minimum atomic E-state index is -0.492. The molecule has 2 heterocycles. The molecule has 0 saturated heterocycles. The summed E-state index contributed by atoms with van der Waals surface area (Å²) >= 11 is 7.35. The van der Waals surface area contributed by atoms with E-state index in [4.69, 9.17) is 16.3 Å². The molecule has 3 rings (SSSR count). The van der Waals surface area contributed by atoms with Crippen molar-refractivity contribution in [2.75, 3.05) is 0 Å². The predicted octanol–water partition coefficient (Wildman–Crippen LogP) is 3.84. The number of ether oxygens (including phenoxy) is 1. The number of imidazole rings is 1. The fourth-order valence-electron chi connectivity index (χ4n) is 1.81. The van der Waals surface area contributed by atoms with Gasteiger partial charge in [0.15, 0.2) is 4.96 Å². The number of nitro groups is 1. The summed E-state index contributed by atoms with van der Waals surface area (Å²) in [5, 5.41) is 12.8. The van der Waals surface area contributed by atoms with Crippen molar-refractivity contribution in [2.45, 2.75) is 5.88 Å². The molecule has 0 aliphatic heterocycles. The molecule has 3 aromatic rings. The van der Waals surface area contributed by atoms with Gasteiger partial charge < -0.3 is 4.74 Å². The lowest BCUT2D eigenvalue weighted by molar-refractivity contribution is -0.385. The Labute approximate surface area is 122 Å². The van der Waals surface area contributed by atoms with Crippen molar-refractivity contribution in [3.05, 3.63) is 51.7 Å². The van der Waals surface area contributed by atoms with Crippen LogP contribution in [-0.4, -0.2) is 14.3 Å². The molecule has 0 spiro atoms. The summed E-state index contributed by atoms with van der Waals surface area (Å²) < 4.78 is 7.39. The van der Waals surface area contributed by atoms with Crippen LogP contribution in [-0.2, 0) is 5.88 Å². The maximum absolute atomic E-state index is 11.0. The molecule has 0 saturated carbocycles. The van der Waals surface area contributed by atoms with E-state index in [9.17, 15) is 10.1 Å². The lowest BCUT2D eigenvalue weighted by atomic mass is 10.3. The van der Waals surface area contributed by atoms with Gasteiger partial charge in [0.05, 0.1) is 10.8 Å². The van der Waals surface area contributed by atoms with Crippen molar-refractivity contribution in [2.24, 2.45) is 0 Å².